The number of ether oxygens (including phenoxy) is 1. The standard InChI is InChI=1S/C16H18BrNO4S2/c1-10-7-5-6-8-11(10)18(24(20)21)12-9-13(17)23-14(12)15(19)22-16(2,3)4/h5-9H,1-4H3,(H,20,21)/p-1. The van der Waals surface area contributed by atoms with Gasteiger partial charge in [0.2, 0.25) is 0 Å². The maximum Gasteiger partial charge on any atom is 0.351 e. The molecule has 0 saturated heterocycles. The van der Waals surface area contributed by atoms with Crippen LogP contribution >= 0.6 is 27.3 Å². The Kier molecular flexibility index (Phi) is 5.85. The van der Waals surface area contributed by atoms with E-state index in [0.29, 0.717) is 9.47 Å². The number of nitrogens with zero attached hydrogens (tertiary/aromatic N) is 1. The van der Waals surface area contributed by atoms with Crippen LogP contribution in [0.2, 0.25) is 0 Å². The van der Waals surface area contributed by atoms with Gasteiger partial charge in [0.25, 0.3) is 0 Å². The third-order valence-electron chi connectivity index (χ3n) is 2.97. The second-order valence-electron chi connectivity index (χ2n) is 6.06. The molecule has 1 heterocycles. The highest BCUT2D eigenvalue weighted by molar-refractivity contribution is 9.11. The lowest BCUT2D eigenvalue weighted by Crippen LogP contribution is -2.26. The fraction of sp³-hybridized carbons (Fsp3) is 0.312. The number of rotatable bonds is 4. The Bertz CT molecular complexity index is 783. The number of esters is 1. The van der Waals surface area contributed by atoms with Crippen LogP contribution in [0.3, 0.4) is 0 Å². The van der Waals surface area contributed by atoms with Gasteiger partial charge in [0.1, 0.15) is 10.5 Å². The third kappa shape index (κ3) is 4.44. The molecule has 1 unspecified atom stereocenters. The Morgan fingerprint density at radius 1 is 1.29 bits per heavy atom. The molecule has 0 fully saturated rings. The van der Waals surface area contributed by atoms with Crippen molar-refractivity contribution in [2.45, 2.75) is 33.3 Å². The summed E-state index contributed by atoms with van der Waals surface area (Å²) in [6.07, 6.45) is 0. The predicted molar refractivity (Wildman–Crippen MR) is 99.4 cm³/mol. The van der Waals surface area contributed by atoms with Gasteiger partial charge in [0, 0.05) is 0 Å². The van der Waals surface area contributed by atoms with Crippen molar-refractivity contribution in [1.29, 1.82) is 0 Å². The molecule has 130 valence electrons. The van der Waals surface area contributed by atoms with Gasteiger partial charge in [-0.05, 0) is 61.3 Å². The van der Waals surface area contributed by atoms with Gasteiger partial charge in [-0.25, -0.2) is 4.79 Å². The first-order valence-corrected chi connectivity index (χ1v) is 9.72. The van der Waals surface area contributed by atoms with Crippen LogP contribution in [0.15, 0.2) is 34.1 Å². The summed E-state index contributed by atoms with van der Waals surface area (Å²) in [7, 11) is 0. The van der Waals surface area contributed by atoms with Crippen LogP contribution in [0.25, 0.3) is 0 Å². The Morgan fingerprint density at radius 2 is 1.92 bits per heavy atom. The Hall–Kier alpha value is -1.22. The van der Waals surface area contributed by atoms with E-state index in [1.54, 1.807) is 39.0 Å². The van der Waals surface area contributed by atoms with Crippen molar-refractivity contribution < 1.29 is 18.3 Å². The van der Waals surface area contributed by atoms with Crippen LogP contribution in [0.5, 0.6) is 0 Å². The lowest BCUT2D eigenvalue weighted by molar-refractivity contribution is 0.00762. The molecular weight excluding hydrogens is 414 g/mol. The Labute approximate surface area is 156 Å². The summed E-state index contributed by atoms with van der Waals surface area (Å²) in [5.41, 5.74) is 0.860. The maximum absolute atomic E-state index is 12.5. The van der Waals surface area contributed by atoms with Gasteiger partial charge >= 0.3 is 5.97 Å². The number of aryl methyl sites for hydroxylation is 1. The number of para-hydroxylation sites is 1. The van der Waals surface area contributed by atoms with Crippen molar-refractivity contribution >= 4 is 55.9 Å². The maximum atomic E-state index is 12.5. The predicted octanol–water partition coefficient (Wildman–Crippen LogP) is 4.71. The Morgan fingerprint density at radius 3 is 2.46 bits per heavy atom. The zero-order chi connectivity index (χ0) is 18.1. The first kappa shape index (κ1) is 19.1. The molecule has 2 aromatic rings. The minimum atomic E-state index is -2.59. The molecule has 0 aliphatic heterocycles. The van der Waals surface area contributed by atoms with Crippen molar-refractivity contribution in [3.63, 3.8) is 0 Å². The van der Waals surface area contributed by atoms with Gasteiger partial charge in [-0.3, -0.25) is 8.51 Å². The quantitative estimate of drug-likeness (QED) is 0.520. The number of hydrogen-bond donors (Lipinski definition) is 0. The summed E-state index contributed by atoms with van der Waals surface area (Å²) in [5.74, 6) is -0.558. The molecule has 1 aromatic carbocycles. The molecule has 1 aromatic heterocycles. The number of benzene rings is 1. The van der Waals surface area contributed by atoms with E-state index >= 15 is 0 Å². The summed E-state index contributed by atoms with van der Waals surface area (Å²) in [5, 5.41) is 0. The number of halogens is 1. The number of thiophene rings is 1. The molecule has 5 nitrogen and oxygen atoms in total. The van der Waals surface area contributed by atoms with Crippen LogP contribution in [-0.2, 0) is 16.0 Å². The normalized spacial score (nSPS) is 12.8. The van der Waals surface area contributed by atoms with Gasteiger partial charge < -0.3 is 9.29 Å². The van der Waals surface area contributed by atoms with Gasteiger partial charge in [0.05, 0.1) is 26.4 Å². The monoisotopic (exact) mass is 430 g/mol. The highest BCUT2D eigenvalue weighted by Gasteiger charge is 2.27. The highest BCUT2D eigenvalue weighted by atomic mass is 79.9. The molecule has 8 heteroatoms. The molecule has 1 atom stereocenters. The van der Waals surface area contributed by atoms with E-state index in [-0.39, 0.29) is 10.6 Å². The fourth-order valence-corrected chi connectivity index (χ4v) is 4.23. The molecular formula is C16H17BrNO4S2-. The van der Waals surface area contributed by atoms with E-state index in [4.69, 9.17) is 4.74 Å². The molecule has 2 rings (SSSR count). The van der Waals surface area contributed by atoms with E-state index < -0.39 is 22.8 Å². The summed E-state index contributed by atoms with van der Waals surface area (Å²) < 4.78 is 30.9. The van der Waals surface area contributed by atoms with E-state index in [2.05, 4.69) is 15.9 Å². The largest absolute Gasteiger partial charge is 0.755 e. The zero-order valence-electron chi connectivity index (χ0n) is 13.7. The van der Waals surface area contributed by atoms with Gasteiger partial charge in [-0.1, -0.05) is 18.2 Å². The molecule has 0 aliphatic rings. The van der Waals surface area contributed by atoms with Gasteiger partial charge in [-0.2, -0.15) is 0 Å². The van der Waals surface area contributed by atoms with Crippen LogP contribution in [0.1, 0.15) is 36.0 Å². The van der Waals surface area contributed by atoms with Crippen molar-refractivity contribution in [3.8, 4) is 0 Å². The highest BCUT2D eigenvalue weighted by Crippen LogP contribution is 2.40. The topological polar surface area (TPSA) is 69.7 Å². The average Bonchev–Trinajstić information content (AvgIpc) is 2.81. The average molecular weight is 431 g/mol. The van der Waals surface area contributed by atoms with Crippen LogP contribution in [-0.4, -0.2) is 20.3 Å². The van der Waals surface area contributed by atoms with E-state index in [1.807, 2.05) is 19.1 Å². The third-order valence-corrected chi connectivity index (χ3v) is 5.27. The second kappa shape index (κ2) is 7.35. The van der Waals surface area contributed by atoms with Crippen molar-refractivity contribution in [1.82, 2.24) is 0 Å². The van der Waals surface area contributed by atoms with Crippen LogP contribution in [0.4, 0.5) is 11.4 Å². The van der Waals surface area contributed by atoms with Crippen molar-refractivity contribution in [3.05, 3.63) is 44.6 Å². The number of hydrogen-bond acceptors (Lipinski definition) is 5. The molecule has 0 amide bonds. The molecule has 0 N–H and O–H groups in total. The SMILES string of the molecule is Cc1ccccc1N(c1cc(Br)sc1C(=O)OC(C)(C)C)S(=O)[O-]. The second-order valence-corrected chi connectivity index (χ2v) is 9.30. The first-order valence-electron chi connectivity index (χ1n) is 7.08. The smallest absolute Gasteiger partial charge is 0.351 e. The molecule has 0 radical (unpaired) electrons. The molecule has 0 saturated carbocycles. The summed E-state index contributed by atoms with van der Waals surface area (Å²) >= 11 is 1.87. The van der Waals surface area contributed by atoms with Gasteiger partial charge in [-0.15, -0.1) is 11.3 Å². The summed E-state index contributed by atoms with van der Waals surface area (Å²) in [4.78, 5) is 12.7. The van der Waals surface area contributed by atoms with Crippen LogP contribution in [0, 0.1) is 6.92 Å². The van der Waals surface area contributed by atoms with E-state index in [0.717, 1.165) is 21.2 Å². The molecule has 0 aliphatic carbocycles. The first-order chi connectivity index (χ1) is 11.1. The number of anilines is 2. The van der Waals surface area contributed by atoms with E-state index in [1.165, 1.54) is 0 Å². The minimum absolute atomic E-state index is 0.226. The Balaban J connectivity index is 2.55. The lowest BCUT2D eigenvalue weighted by Gasteiger charge is -2.28. The molecule has 0 spiro atoms. The summed E-state index contributed by atoms with van der Waals surface area (Å²) in [6, 6.07) is 8.67. The van der Waals surface area contributed by atoms with E-state index in [9.17, 15) is 13.6 Å². The van der Waals surface area contributed by atoms with Crippen LogP contribution < -0.4 is 4.31 Å². The lowest BCUT2D eigenvalue weighted by atomic mass is 10.2. The van der Waals surface area contributed by atoms with Gasteiger partial charge in [0.15, 0.2) is 0 Å². The molecule has 24 heavy (non-hydrogen) atoms. The summed E-state index contributed by atoms with van der Waals surface area (Å²) in [6.45, 7) is 7.10. The number of carbonyl (C=O) groups is 1. The minimum Gasteiger partial charge on any atom is -0.755 e. The zero-order valence-corrected chi connectivity index (χ0v) is 16.9. The number of carbonyl (C=O) groups excluding carboxylic acids is 1. The molecule has 0 bridgehead atoms. The van der Waals surface area contributed by atoms with Crippen molar-refractivity contribution in [2.75, 3.05) is 4.31 Å². The van der Waals surface area contributed by atoms with Crippen molar-refractivity contribution in [2.24, 2.45) is 0 Å². The fourth-order valence-electron chi connectivity index (χ4n) is 2.06.